The highest BCUT2D eigenvalue weighted by Gasteiger charge is 2.37. The molecule has 0 saturated carbocycles. The molecule has 6 N–H and O–H groups in total. The summed E-state index contributed by atoms with van der Waals surface area (Å²) >= 11 is 6.88. The van der Waals surface area contributed by atoms with Crippen LogP contribution in [0.25, 0.3) is 5.65 Å². The SMILES string of the molecule is CCNc1nc(Nc2cc(C#N)cc(N3CC[C@@H](NC(=O)O)[C@@H](N(C)[C@@H](C)C(N)=O)C3)c2Cl)nn2c(C#N)cnc12. The van der Waals surface area contributed by atoms with E-state index in [1.807, 2.05) is 17.9 Å². The van der Waals surface area contributed by atoms with Crippen molar-refractivity contribution in [3.05, 3.63) is 34.6 Å². The van der Waals surface area contributed by atoms with Gasteiger partial charge in [-0.1, -0.05) is 11.6 Å². The van der Waals surface area contributed by atoms with Crippen molar-refractivity contribution in [1.82, 2.24) is 29.8 Å². The van der Waals surface area contributed by atoms with Gasteiger partial charge < -0.3 is 31.7 Å². The van der Waals surface area contributed by atoms with Crippen LogP contribution in [0.1, 0.15) is 31.5 Å². The maximum atomic E-state index is 11.9. The number of imidazole rings is 1. The number of nitrogens with two attached hydrogens (primary N) is 1. The van der Waals surface area contributed by atoms with Crippen molar-refractivity contribution < 1.29 is 14.7 Å². The minimum atomic E-state index is -1.17. The first-order valence-corrected chi connectivity index (χ1v) is 13.1. The highest BCUT2D eigenvalue weighted by molar-refractivity contribution is 6.36. The number of fused-ring (bicyclic) bond motifs is 1. The number of nitriles is 2. The first-order valence-electron chi connectivity index (χ1n) is 12.7. The number of nitrogens with zero attached hydrogens (tertiary/aromatic N) is 8. The van der Waals surface area contributed by atoms with E-state index in [1.54, 1.807) is 31.0 Å². The molecule has 1 aliphatic rings. The van der Waals surface area contributed by atoms with Gasteiger partial charge in [-0.05, 0) is 39.4 Å². The molecule has 0 unspecified atom stereocenters. The van der Waals surface area contributed by atoms with Crippen LogP contribution in [0.2, 0.25) is 5.02 Å². The number of hydrogen-bond acceptors (Lipinski definition) is 11. The summed E-state index contributed by atoms with van der Waals surface area (Å²) in [6.07, 6.45) is 0.633. The van der Waals surface area contributed by atoms with Gasteiger partial charge in [0.1, 0.15) is 6.07 Å². The molecule has 3 aromatic rings. The standard InChI is InChI=1S/C25H29ClN12O3/c1-4-30-22-23-31-11-15(10-28)38(23)35-24(34-22)32-17-7-14(9-27)8-18(20(17)26)37-6-5-16(33-25(40)41)19(12-37)36(3)13(2)21(29)39/h7-8,11,13,16,19,33H,4-6,12H2,1-3H3,(H2,29,39)(H,40,41)(H2,30,32,34,35)/t13-,16+,19-/m0/s1. The van der Waals surface area contributed by atoms with Crippen molar-refractivity contribution in [1.29, 1.82) is 10.5 Å². The molecule has 41 heavy (non-hydrogen) atoms. The van der Waals surface area contributed by atoms with Crippen LogP contribution in [-0.4, -0.2) is 86.4 Å². The zero-order chi connectivity index (χ0) is 29.8. The van der Waals surface area contributed by atoms with Crippen molar-refractivity contribution in [3.63, 3.8) is 0 Å². The van der Waals surface area contributed by atoms with Crippen LogP contribution in [0.4, 0.5) is 27.9 Å². The Balaban J connectivity index is 1.72. The minimum absolute atomic E-state index is 0.114. The monoisotopic (exact) mass is 580 g/mol. The third-order valence-electron chi connectivity index (χ3n) is 7.03. The van der Waals surface area contributed by atoms with Gasteiger partial charge in [-0.15, -0.1) is 5.10 Å². The molecular weight excluding hydrogens is 552 g/mol. The second-order valence-electron chi connectivity index (χ2n) is 9.50. The van der Waals surface area contributed by atoms with Gasteiger partial charge >= 0.3 is 6.09 Å². The Bertz CT molecular complexity index is 1560. The Labute approximate surface area is 240 Å². The molecule has 1 saturated heterocycles. The lowest BCUT2D eigenvalue weighted by Crippen LogP contribution is -2.62. The molecule has 214 valence electrons. The van der Waals surface area contributed by atoms with Gasteiger partial charge in [0.2, 0.25) is 11.9 Å². The van der Waals surface area contributed by atoms with E-state index in [0.717, 1.165) is 0 Å². The van der Waals surface area contributed by atoms with Gasteiger partial charge in [0.25, 0.3) is 0 Å². The molecule has 0 spiro atoms. The zero-order valence-electron chi connectivity index (χ0n) is 22.6. The number of amides is 2. The van der Waals surface area contributed by atoms with Crippen molar-refractivity contribution in [2.24, 2.45) is 5.73 Å². The smallest absolute Gasteiger partial charge is 0.404 e. The minimum Gasteiger partial charge on any atom is -0.465 e. The number of nitrogens with one attached hydrogen (secondary N) is 3. The van der Waals surface area contributed by atoms with E-state index in [0.29, 0.717) is 54.5 Å². The van der Waals surface area contributed by atoms with E-state index in [-0.39, 0.29) is 16.7 Å². The highest BCUT2D eigenvalue weighted by Crippen LogP contribution is 2.37. The lowest BCUT2D eigenvalue weighted by Gasteiger charge is -2.45. The molecule has 2 amide bonds. The largest absolute Gasteiger partial charge is 0.465 e. The van der Waals surface area contributed by atoms with Crippen LogP contribution in [0.5, 0.6) is 0 Å². The lowest BCUT2D eigenvalue weighted by molar-refractivity contribution is -0.123. The third-order valence-corrected chi connectivity index (χ3v) is 7.42. The molecule has 2 aromatic heterocycles. The quantitative estimate of drug-likeness (QED) is 0.244. The second kappa shape index (κ2) is 12.1. The fraction of sp³-hybridized carbons (Fsp3) is 0.400. The topological polar surface area (TPSA) is 214 Å². The van der Waals surface area contributed by atoms with Gasteiger partial charge in [-0.2, -0.15) is 20.0 Å². The molecule has 16 heteroatoms. The number of piperidine rings is 1. The van der Waals surface area contributed by atoms with Gasteiger partial charge in [0, 0.05) is 25.7 Å². The third kappa shape index (κ3) is 6.01. The number of aromatic nitrogens is 4. The number of likely N-dealkylation sites (N-methyl/N-ethyl adjacent to an activating group) is 1. The summed E-state index contributed by atoms with van der Waals surface area (Å²) in [4.78, 5) is 35.8. The van der Waals surface area contributed by atoms with Crippen LogP contribution in [0.15, 0.2) is 18.3 Å². The summed E-state index contributed by atoms with van der Waals surface area (Å²) in [6.45, 7) is 4.80. The number of primary amides is 1. The van der Waals surface area contributed by atoms with Crippen LogP contribution < -0.4 is 26.6 Å². The Morgan fingerprint density at radius 3 is 2.73 bits per heavy atom. The number of carboxylic acid groups (broad SMARTS) is 1. The maximum Gasteiger partial charge on any atom is 0.404 e. The summed E-state index contributed by atoms with van der Waals surface area (Å²) in [7, 11) is 1.71. The second-order valence-corrected chi connectivity index (χ2v) is 9.88. The normalized spacial score (nSPS) is 17.5. The zero-order valence-corrected chi connectivity index (χ0v) is 23.3. The number of carbonyl (C=O) groups is 2. The fourth-order valence-corrected chi connectivity index (χ4v) is 5.07. The van der Waals surface area contributed by atoms with Gasteiger partial charge in [-0.25, -0.2) is 9.78 Å². The Morgan fingerprint density at radius 2 is 2.10 bits per heavy atom. The van der Waals surface area contributed by atoms with E-state index in [4.69, 9.17) is 17.3 Å². The van der Waals surface area contributed by atoms with Gasteiger partial charge in [0.05, 0.1) is 46.3 Å². The highest BCUT2D eigenvalue weighted by atomic mass is 35.5. The molecule has 0 radical (unpaired) electrons. The Hall–Kier alpha value is -4.86. The van der Waals surface area contributed by atoms with Crippen LogP contribution in [-0.2, 0) is 4.79 Å². The predicted molar refractivity (Wildman–Crippen MR) is 151 cm³/mol. The lowest BCUT2D eigenvalue weighted by atomic mass is 9.96. The molecule has 3 atom stereocenters. The van der Waals surface area contributed by atoms with Crippen molar-refractivity contribution in [2.45, 2.75) is 38.4 Å². The molecule has 0 aliphatic carbocycles. The van der Waals surface area contributed by atoms with Crippen molar-refractivity contribution in [2.75, 3.05) is 42.2 Å². The van der Waals surface area contributed by atoms with E-state index in [2.05, 4.69) is 37.1 Å². The van der Waals surface area contributed by atoms with E-state index >= 15 is 0 Å². The first-order chi connectivity index (χ1) is 19.6. The number of rotatable bonds is 9. The van der Waals surface area contributed by atoms with Crippen molar-refractivity contribution >= 4 is 52.4 Å². The molecule has 3 heterocycles. The first kappa shape index (κ1) is 29.1. The number of carbonyl (C=O) groups excluding carboxylic acids is 1. The number of anilines is 4. The van der Waals surface area contributed by atoms with Crippen LogP contribution in [0, 0.1) is 22.7 Å². The molecule has 1 aromatic carbocycles. The molecular formula is C25H29ClN12O3. The number of hydrogen-bond donors (Lipinski definition) is 5. The maximum absolute atomic E-state index is 11.9. The summed E-state index contributed by atoms with van der Waals surface area (Å²) in [5.41, 5.74) is 7.30. The average Bonchev–Trinajstić information content (AvgIpc) is 3.36. The molecule has 0 bridgehead atoms. The molecule has 1 aliphatic heterocycles. The summed E-state index contributed by atoms with van der Waals surface area (Å²) in [6, 6.07) is 5.82. The molecule has 4 rings (SSSR count). The van der Waals surface area contributed by atoms with Crippen LogP contribution >= 0.6 is 11.6 Å². The van der Waals surface area contributed by atoms with E-state index in [9.17, 15) is 25.2 Å². The fourth-order valence-electron chi connectivity index (χ4n) is 4.79. The Morgan fingerprint density at radius 1 is 1.34 bits per heavy atom. The van der Waals surface area contributed by atoms with Gasteiger partial charge in [0.15, 0.2) is 17.2 Å². The van der Waals surface area contributed by atoms with E-state index in [1.165, 1.54) is 10.7 Å². The average molecular weight is 581 g/mol. The van der Waals surface area contributed by atoms with E-state index < -0.39 is 30.1 Å². The predicted octanol–water partition coefficient (Wildman–Crippen LogP) is 1.72. The van der Waals surface area contributed by atoms with Crippen LogP contribution in [0.3, 0.4) is 0 Å². The summed E-state index contributed by atoms with van der Waals surface area (Å²) in [5.74, 6) is -0.0223. The summed E-state index contributed by atoms with van der Waals surface area (Å²) in [5, 5.41) is 42.0. The summed E-state index contributed by atoms with van der Waals surface area (Å²) < 4.78 is 1.36. The molecule has 15 nitrogen and oxygen atoms in total. The van der Waals surface area contributed by atoms with Gasteiger partial charge in [-0.3, -0.25) is 9.69 Å². The Kier molecular flexibility index (Phi) is 8.61. The molecule has 1 fully saturated rings. The number of halogens is 1. The van der Waals surface area contributed by atoms with Crippen molar-refractivity contribution in [3.8, 4) is 12.1 Å². The number of benzene rings is 1.